The predicted octanol–water partition coefficient (Wildman–Crippen LogP) is 2.53. The number of aliphatic hydroxyl groups excluding tert-OH is 1. The van der Waals surface area contributed by atoms with E-state index in [4.69, 9.17) is 0 Å². The SMILES string of the molecule is Cc1c(C(C)NC(CCO)C2CC2)nnn1-c1ccc(F)cc1. The minimum absolute atomic E-state index is 0.0568. The van der Waals surface area contributed by atoms with Crippen LogP contribution in [0.2, 0.25) is 0 Å². The Hall–Kier alpha value is -1.79. The van der Waals surface area contributed by atoms with Crippen LogP contribution in [-0.4, -0.2) is 32.7 Å². The van der Waals surface area contributed by atoms with Crippen LogP contribution in [0.15, 0.2) is 24.3 Å². The molecule has 1 aromatic carbocycles. The summed E-state index contributed by atoms with van der Waals surface area (Å²) < 4.78 is 14.8. The molecule has 1 aliphatic carbocycles. The fraction of sp³-hybridized carbons (Fsp3) is 0.529. The van der Waals surface area contributed by atoms with Crippen molar-refractivity contribution in [2.45, 2.75) is 45.2 Å². The molecule has 1 aliphatic rings. The highest BCUT2D eigenvalue weighted by molar-refractivity contribution is 5.33. The standard InChI is InChI=1S/C17H23FN4O/c1-11(19-16(9-10-23)13-3-4-13)17-12(2)22(21-20-17)15-7-5-14(18)6-8-15/h5-8,11,13,16,19,23H,3-4,9-10H2,1-2H3. The van der Waals surface area contributed by atoms with Crippen molar-refractivity contribution in [3.8, 4) is 5.69 Å². The van der Waals surface area contributed by atoms with Gasteiger partial charge in [0.25, 0.3) is 0 Å². The van der Waals surface area contributed by atoms with E-state index in [0.29, 0.717) is 12.0 Å². The summed E-state index contributed by atoms with van der Waals surface area (Å²) in [5.74, 6) is 0.398. The van der Waals surface area contributed by atoms with E-state index >= 15 is 0 Å². The van der Waals surface area contributed by atoms with Crippen molar-refractivity contribution < 1.29 is 9.50 Å². The summed E-state index contributed by atoms with van der Waals surface area (Å²) in [7, 11) is 0. The van der Waals surface area contributed by atoms with Crippen molar-refractivity contribution in [3.05, 3.63) is 41.5 Å². The highest BCUT2D eigenvalue weighted by atomic mass is 19.1. The quantitative estimate of drug-likeness (QED) is 0.823. The average Bonchev–Trinajstić information content (AvgIpc) is 3.31. The van der Waals surface area contributed by atoms with E-state index in [9.17, 15) is 9.50 Å². The third-order valence-electron chi connectivity index (χ3n) is 4.51. The van der Waals surface area contributed by atoms with Crippen molar-refractivity contribution >= 4 is 0 Å². The molecule has 2 atom stereocenters. The Kier molecular flexibility index (Phi) is 4.73. The third kappa shape index (κ3) is 3.59. The van der Waals surface area contributed by atoms with Gasteiger partial charge in [0.2, 0.25) is 0 Å². The van der Waals surface area contributed by atoms with Crippen molar-refractivity contribution in [2.75, 3.05) is 6.61 Å². The molecule has 1 saturated carbocycles. The Morgan fingerprint density at radius 1 is 1.35 bits per heavy atom. The molecule has 2 N–H and O–H groups in total. The Morgan fingerprint density at radius 3 is 2.65 bits per heavy atom. The van der Waals surface area contributed by atoms with Crippen LogP contribution < -0.4 is 5.32 Å². The van der Waals surface area contributed by atoms with Crippen LogP contribution >= 0.6 is 0 Å². The molecule has 2 aromatic rings. The largest absolute Gasteiger partial charge is 0.396 e. The summed E-state index contributed by atoms with van der Waals surface area (Å²) in [6, 6.07) is 6.60. The number of halogens is 1. The summed E-state index contributed by atoms with van der Waals surface area (Å²) in [6.45, 7) is 4.23. The molecule has 0 spiro atoms. The number of aliphatic hydroxyl groups is 1. The molecule has 23 heavy (non-hydrogen) atoms. The van der Waals surface area contributed by atoms with Crippen molar-refractivity contribution in [1.82, 2.24) is 20.3 Å². The summed E-state index contributed by atoms with van der Waals surface area (Å²) >= 11 is 0. The molecule has 0 amide bonds. The molecule has 0 radical (unpaired) electrons. The van der Waals surface area contributed by atoms with Crippen LogP contribution in [0.25, 0.3) is 5.69 Å². The van der Waals surface area contributed by atoms with Gasteiger partial charge in [-0.05, 0) is 63.3 Å². The lowest BCUT2D eigenvalue weighted by Crippen LogP contribution is -2.34. The predicted molar refractivity (Wildman–Crippen MR) is 85.8 cm³/mol. The van der Waals surface area contributed by atoms with E-state index in [1.54, 1.807) is 16.8 Å². The number of hydrogen-bond acceptors (Lipinski definition) is 4. The van der Waals surface area contributed by atoms with Crippen molar-refractivity contribution in [1.29, 1.82) is 0 Å². The van der Waals surface area contributed by atoms with Crippen LogP contribution in [-0.2, 0) is 0 Å². The summed E-state index contributed by atoms with van der Waals surface area (Å²) in [5, 5.41) is 21.3. The van der Waals surface area contributed by atoms with Crippen molar-refractivity contribution in [2.24, 2.45) is 5.92 Å². The van der Waals surface area contributed by atoms with Crippen LogP contribution in [0.3, 0.4) is 0 Å². The van der Waals surface area contributed by atoms with E-state index in [1.807, 2.05) is 6.92 Å². The van der Waals surface area contributed by atoms with Gasteiger partial charge in [0.05, 0.1) is 17.4 Å². The van der Waals surface area contributed by atoms with Crippen LogP contribution in [0.4, 0.5) is 4.39 Å². The number of rotatable bonds is 7. The zero-order chi connectivity index (χ0) is 16.4. The molecular formula is C17H23FN4O. The molecule has 5 nitrogen and oxygen atoms in total. The first-order valence-electron chi connectivity index (χ1n) is 8.15. The van der Waals surface area contributed by atoms with Crippen LogP contribution in [0.1, 0.15) is 43.6 Å². The van der Waals surface area contributed by atoms with Gasteiger partial charge >= 0.3 is 0 Å². The zero-order valence-electron chi connectivity index (χ0n) is 13.5. The number of aromatic nitrogens is 3. The lowest BCUT2D eigenvalue weighted by Gasteiger charge is -2.21. The molecule has 0 bridgehead atoms. The molecule has 124 valence electrons. The van der Waals surface area contributed by atoms with E-state index in [0.717, 1.165) is 23.5 Å². The number of hydrogen-bond donors (Lipinski definition) is 2. The maximum absolute atomic E-state index is 13.1. The van der Waals surface area contributed by atoms with Gasteiger partial charge < -0.3 is 10.4 Å². The Bertz CT molecular complexity index is 651. The van der Waals surface area contributed by atoms with Crippen LogP contribution in [0.5, 0.6) is 0 Å². The lowest BCUT2D eigenvalue weighted by atomic mass is 10.1. The minimum atomic E-state index is -0.266. The first-order chi connectivity index (χ1) is 11.1. The minimum Gasteiger partial charge on any atom is -0.396 e. The fourth-order valence-electron chi connectivity index (χ4n) is 3.06. The molecule has 0 saturated heterocycles. The third-order valence-corrected chi connectivity index (χ3v) is 4.51. The summed E-state index contributed by atoms with van der Waals surface area (Å²) in [5.41, 5.74) is 2.62. The van der Waals surface area contributed by atoms with Gasteiger partial charge in [-0.1, -0.05) is 5.21 Å². The maximum atomic E-state index is 13.1. The van der Waals surface area contributed by atoms with Gasteiger partial charge in [-0.3, -0.25) is 0 Å². The number of benzene rings is 1. The van der Waals surface area contributed by atoms with Gasteiger partial charge in [-0.2, -0.15) is 0 Å². The smallest absolute Gasteiger partial charge is 0.123 e. The monoisotopic (exact) mass is 318 g/mol. The topological polar surface area (TPSA) is 63.0 Å². The average molecular weight is 318 g/mol. The molecular weight excluding hydrogens is 295 g/mol. The molecule has 3 rings (SSSR count). The highest BCUT2D eigenvalue weighted by Gasteiger charge is 2.32. The van der Waals surface area contributed by atoms with Gasteiger partial charge in [-0.25, -0.2) is 9.07 Å². The van der Waals surface area contributed by atoms with E-state index in [2.05, 4.69) is 22.6 Å². The normalized spacial score (nSPS) is 17.2. The maximum Gasteiger partial charge on any atom is 0.123 e. The van der Waals surface area contributed by atoms with Crippen molar-refractivity contribution in [3.63, 3.8) is 0 Å². The lowest BCUT2D eigenvalue weighted by molar-refractivity contribution is 0.249. The number of nitrogens with zero attached hydrogens (tertiary/aromatic N) is 3. The van der Waals surface area contributed by atoms with Gasteiger partial charge in [0.15, 0.2) is 0 Å². The van der Waals surface area contributed by atoms with Crippen LogP contribution in [0, 0.1) is 18.7 Å². The second-order valence-electron chi connectivity index (χ2n) is 6.29. The first-order valence-corrected chi connectivity index (χ1v) is 8.15. The Labute approximate surface area is 135 Å². The first kappa shape index (κ1) is 16.1. The Balaban J connectivity index is 1.76. The highest BCUT2D eigenvalue weighted by Crippen LogP contribution is 2.35. The van der Waals surface area contributed by atoms with E-state index in [1.165, 1.54) is 25.0 Å². The summed E-state index contributed by atoms with van der Waals surface area (Å²) in [4.78, 5) is 0. The van der Waals surface area contributed by atoms with E-state index < -0.39 is 0 Å². The molecule has 1 fully saturated rings. The fourth-order valence-corrected chi connectivity index (χ4v) is 3.06. The van der Waals surface area contributed by atoms with E-state index in [-0.39, 0.29) is 18.5 Å². The second kappa shape index (κ2) is 6.76. The van der Waals surface area contributed by atoms with Gasteiger partial charge in [0.1, 0.15) is 11.5 Å². The summed E-state index contributed by atoms with van der Waals surface area (Å²) in [6.07, 6.45) is 3.22. The molecule has 6 heteroatoms. The van der Waals surface area contributed by atoms with Gasteiger partial charge in [0, 0.05) is 12.6 Å². The molecule has 2 unspecified atom stereocenters. The molecule has 1 heterocycles. The zero-order valence-corrected chi connectivity index (χ0v) is 13.5. The Morgan fingerprint density at radius 2 is 2.04 bits per heavy atom. The number of nitrogens with one attached hydrogen (secondary N) is 1. The molecule has 1 aromatic heterocycles. The second-order valence-corrected chi connectivity index (χ2v) is 6.29. The van der Waals surface area contributed by atoms with Gasteiger partial charge in [-0.15, -0.1) is 5.10 Å². The molecule has 0 aliphatic heterocycles.